The number of Topliss-reactive ketones (excluding diaryl/α,β-unsaturated/α-hetero) is 1. The first-order valence-electron chi connectivity index (χ1n) is 13.0. The molecule has 1 unspecified atom stereocenters. The number of amides is 1. The van der Waals surface area contributed by atoms with Crippen molar-refractivity contribution in [3.05, 3.63) is 83.4 Å². The maximum atomic E-state index is 13.6. The second-order valence-corrected chi connectivity index (χ2v) is 9.88. The van der Waals surface area contributed by atoms with Crippen molar-refractivity contribution in [3.63, 3.8) is 0 Å². The van der Waals surface area contributed by atoms with E-state index in [0.717, 1.165) is 50.4 Å². The van der Waals surface area contributed by atoms with Crippen LogP contribution in [0.25, 0.3) is 5.76 Å². The van der Waals surface area contributed by atoms with E-state index in [4.69, 9.17) is 9.47 Å². The highest BCUT2D eigenvalue weighted by atomic mass is 16.5. The Kier molecular flexibility index (Phi) is 8.79. The first-order valence-corrected chi connectivity index (χ1v) is 13.0. The van der Waals surface area contributed by atoms with Crippen molar-refractivity contribution in [3.8, 4) is 5.75 Å². The lowest BCUT2D eigenvalue weighted by molar-refractivity contribution is -0.908. The molecule has 7 nitrogen and oxygen atoms in total. The summed E-state index contributed by atoms with van der Waals surface area (Å²) in [6, 6.07) is 13.8. The van der Waals surface area contributed by atoms with Crippen LogP contribution in [0.2, 0.25) is 0 Å². The molecule has 0 spiro atoms. The molecule has 2 heterocycles. The Morgan fingerprint density at radius 2 is 1.81 bits per heavy atom. The number of likely N-dealkylation sites (tertiary alicyclic amines) is 1. The molecule has 2 aromatic carbocycles. The Morgan fingerprint density at radius 1 is 1.14 bits per heavy atom. The van der Waals surface area contributed by atoms with Crippen molar-refractivity contribution in [2.75, 3.05) is 46.0 Å². The van der Waals surface area contributed by atoms with Crippen LogP contribution in [0.4, 0.5) is 0 Å². The lowest BCUT2D eigenvalue weighted by Crippen LogP contribution is -3.14. The maximum absolute atomic E-state index is 13.6. The van der Waals surface area contributed by atoms with E-state index in [1.165, 1.54) is 4.90 Å². The smallest absolute Gasteiger partial charge is 0.295 e. The minimum Gasteiger partial charge on any atom is -0.872 e. The van der Waals surface area contributed by atoms with Gasteiger partial charge in [0.2, 0.25) is 5.78 Å². The van der Waals surface area contributed by atoms with E-state index in [9.17, 15) is 14.7 Å². The van der Waals surface area contributed by atoms with Gasteiger partial charge in [0.25, 0.3) is 5.91 Å². The van der Waals surface area contributed by atoms with Crippen LogP contribution in [-0.2, 0) is 14.3 Å². The van der Waals surface area contributed by atoms with E-state index in [0.29, 0.717) is 30.4 Å². The third-order valence-corrected chi connectivity index (χ3v) is 7.06. The van der Waals surface area contributed by atoms with Crippen molar-refractivity contribution >= 4 is 17.4 Å². The summed E-state index contributed by atoms with van der Waals surface area (Å²) >= 11 is 0. The molecule has 2 aliphatic heterocycles. The van der Waals surface area contributed by atoms with Gasteiger partial charge in [-0.15, -0.1) is 0 Å². The Morgan fingerprint density at radius 3 is 2.43 bits per heavy atom. The maximum Gasteiger partial charge on any atom is 0.295 e. The molecule has 1 N–H and O–H groups in total. The zero-order valence-corrected chi connectivity index (χ0v) is 21.7. The highest BCUT2D eigenvalue weighted by molar-refractivity contribution is 6.46. The first kappa shape index (κ1) is 26.6. The van der Waals surface area contributed by atoms with Gasteiger partial charge in [0.05, 0.1) is 25.8 Å². The van der Waals surface area contributed by atoms with Crippen molar-refractivity contribution in [2.24, 2.45) is 0 Å². The molecule has 37 heavy (non-hydrogen) atoms. The third-order valence-electron chi connectivity index (χ3n) is 7.06. The van der Waals surface area contributed by atoms with E-state index in [-0.39, 0.29) is 5.57 Å². The van der Waals surface area contributed by atoms with Crippen LogP contribution in [0.15, 0.2) is 66.8 Å². The van der Waals surface area contributed by atoms with Crippen molar-refractivity contribution in [1.29, 1.82) is 0 Å². The zero-order chi connectivity index (χ0) is 26.4. The molecule has 7 heteroatoms. The molecule has 1 amide bonds. The van der Waals surface area contributed by atoms with Crippen molar-refractivity contribution < 1.29 is 29.1 Å². The topological polar surface area (TPSA) is 83.3 Å². The molecule has 0 saturated carbocycles. The lowest BCUT2D eigenvalue weighted by Gasteiger charge is -2.29. The van der Waals surface area contributed by atoms with Crippen LogP contribution in [-0.4, -0.2) is 62.6 Å². The lowest BCUT2D eigenvalue weighted by atomic mass is 9.93. The molecular formula is C30H36N2O5. The molecule has 0 bridgehead atoms. The van der Waals surface area contributed by atoms with Gasteiger partial charge in [0, 0.05) is 18.5 Å². The SMILES string of the molecule is C=CCOc1ccc(/C([O-])=C2\C(=O)C(=O)N(CCC[NH+]3CCOCC3)C2c2ccc(C(C)C)cc2)cc1. The Labute approximate surface area is 219 Å². The Bertz CT molecular complexity index is 1130. The molecule has 0 radical (unpaired) electrons. The van der Waals surface area contributed by atoms with Gasteiger partial charge in [0.1, 0.15) is 25.4 Å². The van der Waals surface area contributed by atoms with Crippen LogP contribution in [0.3, 0.4) is 0 Å². The molecular weight excluding hydrogens is 468 g/mol. The number of nitrogens with one attached hydrogen (secondary N) is 1. The van der Waals surface area contributed by atoms with Gasteiger partial charge < -0.3 is 24.4 Å². The van der Waals surface area contributed by atoms with Gasteiger partial charge >= 0.3 is 0 Å². The van der Waals surface area contributed by atoms with E-state index < -0.39 is 23.5 Å². The number of nitrogens with zero attached hydrogens (tertiary/aromatic N) is 1. The number of carbonyl (C=O) groups excluding carboxylic acids is 2. The highest BCUT2D eigenvalue weighted by Gasteiger charge is 2.44. The molecule has 4 rings (SSSR count). The fourth-order valence-electron chi connectivity index (χ4n) is 4.93. The van der Waals surface area contributed by atoms with E-state index in [1.807, 2.05) is 24.3 Å². The minimum atomic E-state index is -0.714. The summed E-state index contributed by atoms with van der Waals surface area (Å²) in [6.45, 7) is 12.9. The first-order chi connectivity index (χ1) is 17.9. The molecule has 0 aliphatic carbocycles. The van der Waals surface area contributed by atoms with E-state index in [2.05, 4.69) is 20.4 Å². The van der Waals surface area contributed by atoms with Gasteiger partial charge in [-0.3, -0.25) is 9.59 Å². The number of morpholine rings is 1. The second kappa shape index (κ2) is 12.2. The number of benzene rings is 2. The Balaban J connectivity index is 1.65. The standard InChI is InChI=1S/C30H36N2O5/c1-4-18-37-25-12-10-24(11-13-25)28(33)26-27(23-8-6-22(7-9-23)21(2)3)32(30(35)29(26)34)15-5-14-31-16-19-36-20-17-31/h4,6-13,21,27,33H,1,5,14-20H2,2-3H3/b28-26+. The minimum absolute atomic E-state index is 0.0146. The summed E-state index contributed by atoms with van der Waals surface area (Å²) in [5.74, 6) is -0.797. The number of rotatable bonds is 10. The predicted molar refractivity (Wildman–Crippen MR) is 140 cm³/mol. The fourth-order valence-corrected chi connectivity index (χ4v) is 4.93. The third kappa shape index (κ3) is 6.12. The molecule has 1 atom stereocenters. The van der Waals surface area contributed by atoms with Crippen molar-refractivity contribution in [1.82, 2.24) is 4.90 Å². The van der Waals surface area contributed by atoms with Crippen LogP contribution in [0.5, 0.6) is 5.75 Å². The number of ketones is 1. The number of hydrogen-bond acceptors (Lipinski definition) is 5. The van der Waals surface area contributed by atoms with E-state index >= 15 is 0 Å². The predicted octanol–water partition coefficient (Wildman–Crippen LogP) is 1.90. The van der Waals surface area contributed by atoms with Crippen LogP contribution in [0.1, 0.15) is 48.9 Å². The van der Waals surface area contributed by atoms with Gasteiger partial charge in [-0.2, -0.15) is 0 Å². The number of quaternary nitrogens is 1. The average Bonchev–Trinajstić information content (AvgIpc) is 3.17. The fraction of sp³-hybridized carbons (Fsp3) is 0.400. The van der Waals surface area contributed by atoms with Gasteiger partial charge in [-0.05, 0) is 34.7 Å². The summed E-state index contributed by atoms with van der Waals surface area (Å²) in [7, 11) is 0. The summed E-state index contributed by atoms with van der Waals surface area (Å²) in [4.78, 5) is 29.5. The Hall–Kier alpha value is -3.42. The van der Waals surface area contributed by atoms with Gasteiger partial charge in [-0.25, -0.2) is 0 Å². The molecule has 2 aliphatic rings. The molecule has 2 saturated heterocycles. The normalized spacial score (nSPS) is 20.0. The van der Waals surface area contributed by atoms with Crippen molar-refractivity contribution in [2.45, 2.75) is 32.2 Å². The van der Waals surface area contributed by atoms with Crippen LogP contribution in [0, 0.1) is 0 Å². The second-order valence-electron chi connectivity index (χ2n) is 9.88. The number of carbonyl (C=O) groups is 2. The largest absolute Gasteiger partial charge is 0.872 e. The van der Waals surface area contributed by atoms with Gasteiger partial charge in [-0.1, -0.05) is 68.7 Å². The summed E-state index contributed by atoms with van der Waals surface area (Å²) in [5, 5.41) is 13.6. The summed E-state index contributed by atoms with van der Waals surface area (Å²) in [5.41, 5.74) is 2.30. The molecule has 2 aromatic rings. The van der Waals surface area contributed by atoms with Crippen LogP contribution < -0.4 is 14.7 Å². The molecule has 2 fully saturated rings. The summed E-state index contributed by atoms with van der Waals surface area (Å²) < 4.78 is 10.9. The quantitative estimate of drug-likeness (QED) is 0.231. The molecule has 196 valence electrons. The van der Waals surface area contributed by atoms with E-state index in [1.54, 1.807) is 35.2 Å². The average molecular weight is 505 g/mol. The number of hydrogen-bond donors (Lipinski definition) is 1. The monoisotopic (exact) mass is 504 g/mol. The number of ether oxygens (including phenoxy) is 2. The van der Waals surface area contributed by atoms with Gasteiger partial charge in [0.15, 0.2) is 0 Å². The summed E-state index contributed by atoms with van der Waals surface area (Å²) in [6.07, 6.45) is 2.38. The molecule has 0 aromatic heterocycles. The highest BCUT2D eigenvalue weighted by Crippen LogP contribution is 2.39. The zero-order valence-electron chi connectivity index (χ0n) is 21.7. The van der Waals surface area contributed by atoms with Crippen LogP contribution >= 0.6 is 0 Å².